The van der Waals surface area contributed by atoms with E-state index in [4.69, 9.17) is 4.52 Å². The van der Waals surface area contributed by atoms with Crippen LogP contribution in [0.3, 0.4) is 0 Å². The van der Waals surface area contributed by atoms with Gasteiger partial charge in [-0.15, -0.1) is 0 Å². The molecular weight excluding hydrogens is 416 g/mol. The van der Waals surface area contributed by atoms with Crippen LogP contribution in [0.1, 0.15) is 25.6 Å². The standard InChI is InChI=1S/C21H22N6O3S/c1-21(2,12-28)18-25-17(27-30-18)7-9-23-19(29)26-20-24-15-6-5-13(10-16(15)31-20)14-4-3-8-22-11-14/h3-6,8,10-11,28H,7,9,12H2,1-2H3,(H2,23,24,26,29). The Bertz CT molecular complexity index is 1190. The van der Waals surface area contributed by atoms with Crippen LogP contribution in [0.15, 0.2) is 47.2 Å². The van der Waals surface area contributed by atoms with E-state index in [9.17, 15) is 9.90 Å². The highest BCUT2D eigenvalue weighted by Gasteiger charge is 2.26. The first-order valence-electron chi connectivity index (χ1n) is 9.74. The number of hydrogen-bond donors (Lipinski definition) is 3. The van der Waals surface area contributed by atoms with E-state index >= 15 is 0 Å². The number of amides is 2. The average molecular weight is 439 g/mol. The third-order valence-electron chi connectivity index (χ3n) is 4.68. The quantitative estimate of drug-likeness (QED) is 0.404. The van der Waals surface area contributed by atoms with Gasteiger partial charge >= 0.3 is 6.03 Å². The fourth-order valence-corrected chi connectivity index (χ4v) is 3.72. The van der Waals surface area contributed by atoms with Gasteiger partial charge in [0.2, 0.25) is 5.89 Å². The fraction of sp³-hybridized carbons (Fsp3) is 0.286. The minimum absolute atomic E-state index is 0.0960. The maximum Gasteiger partial charge on any atom is 0.321 e. The van der Waals surface area contributed by atoms with Crippen molar-refractivity contribution >= 4 is 32.7 Å². The summed E-state index contributed by atoms with van der Waals surface area (Å²) in [6, 6.07) is 9.49. The number of carbonyl (C=O) groups excluding carboxylic acids is 1. The number of thiazole rings is 1. The number of aliphatic hydroxyl groups is 1. The summed E-state index contributed by atoms with van der Waals surface area (Å²) in [4.78, 5) is 25.1. The first-order valence-corrected chi connectivity index (χ1v) is 10.6. The Labute approximate surface area is 182 Å². The maximum atomic E-state index is 12.2. The number of urea groups is 1. The van der Waals surface area contributed by atoms with E-state index in [0.717, 1.165) is 21.3 Å². The third-order valence-corrected chi connectivity index (χ3v) is 5.61. The number of aromatic nitrogens is 4. The summed E-state index contributed by atoms with van der Waals surface area (Å²) in [5, 5.41) is 19.3. The van der Waals surface area contributed by atoms with Gasteiger partial charge < -0.3 is 14.9 Å². The largest absolute Gasteiger partial charge is 0.395 e. The van der Waals surface area contributed by atoms with Gasteiger partial charge in [-0.25, -0.2) is 9.78 Å². The van der Waals surface area contributed by atoms with Crippen LogP contribution in [0.2, 0.25) is 0 Å². The van der Waals surface area contributed by atoms with Crippen LogP contribution >= 0.6 is 11.3 Å². The summed E-state index contributed by atoms with van der Waals surface area (Å²) in [6.07, 6.45) is 3.96. The zero-order valence-corrected chi connectivity index (χ0v) is 17.9. The summed E-state index contributed by atoms with van der Waals surface area (Å²) >= 11 is 1.41. The van der Waals surface area contributed by atoms with Gasteiger partial charge in [0.05, 0.1) is 22.2 Å². The smallest absolute Gasteiger partial charge is 0.321 e. The van der Waals surface area contributed by atoms with Crippen molar-refractivity contribution in [1.82, 2.24) is 25.4 Å². The summed E-state index contributed by atoms with van der Waals surface area (Å²) in [5.74, 6) is 0.842. The lowest BCUT2D eigenvalue weighted by atomic mass is 9.95. The third kappa shape index (κ3) is 4.86. The Balaban J connectivity index is 1.33. The monoisotopic (exact) mass is 438 g/mol. The molecule has 0 saturated heterocycles. The highest BCUT2D eigenvalue weighted by atomic mass is 32.1. The molecule has 3 aromatic heterocycles. The maximum absolute atomic E-state index is 12.2. The number of hydrogen-bond acceptors (Lipinski definition) is 8. The molecule has 1 aromatic carbocycles. The van der Waals surface area contributed by atoms with Gasteiger partial charge in [0.1, 0.15) is 0 Å². The zero-order chi connectivity index (χ0) is 21.8. The number of aliphatic hydroxyl groups excluding tert-OH is 1. The topological polar surface area (TPSA) is 126 Å². The molecule has 0 aliphatic heterocycles. The van der Waals surface area contributed by atoms with Crippen molar-refractivity contribution in [1.29, 1.82) is 0 Å². The first kappa shape index (κ1) is 20.9. The normalized spacial score (nSPS) is 11.6. The van der Waals surface area contributed by atoms with Gasteiger partial charge in [-0.1, -0.05) is 28.6 Å². The van der Waals surface area contributed by atoms with Gasteiger partial charge in [-0.3, -0.25) is 10.3 Å². The molecule has 0 unspecified atom stereocenters. The molecule has 4 rings (SSSR count). The van der Waals surface area contributed by atoms with Crippen molar-refractivity contribution in [2.75, 3.05) is 18.5 Å². The van der Waals surface area contributed by atoms with E-state index in [0.29, 0.717) is 29.8 Å². The molecule has 160 valence electrons. The molecule has 3 N–H and O–H groups in total. The minimum Gasteiger partial charge on any atom is -0.395 e. The SMILES string of the molecule is CC(C)(CO)c1nc(CCNC(=O)Nc2nc3ccc(-c4cccnc4)cc3s2)no1. The Morgan fingerprint density at radius 3 is 2.87 bits per heavy atom. The van der Waals surface area contributed by atoms with Gasteiger partial charge in [0.25, 0.3) is 0 Å². The average Bonchev–Trinajstić information content (AvgIpc) is 3.41. The molecular formula is C21H22N6O3S. The van der Waals surface area contributed by atoms with E-state index in [1.807, 2.05) is 50.4 Å². The number of fused-ring (bicyclic) bond motifs is 1. The number of pyridine rings is 1. The van der Waals surface area contributed by atoms with Crippen molar-refractivity contribution in [2.45, 2.75) is 25.7 Å². The Hall–Kier alpha value is -3.37. The number of carbonyl (C=O) groups is 1. The van der Waals surface area contributed by atoms with Gasteiger partial charge in [0.15, 0.2) is 11.0 Å². The first-order chi connectivity index (χ1) is 14.9. The van der Waals surface area contributed by atoms with Gasteiger partial charge in [-0.05, 0) is 37.6 Å². The summed E-state index contributed by atoms with van der Waals surface area (Å²) in [7, 11) is 0. The second kappa shape index (κ2) is 8.78. The fourth-order valence-electron chi connectivity index (χ4n) is 2.82. The van der Waals surface area contributed by atoms with Crippen LogP contribution < -0.4 is 10.6 Å². The lowest BCUT2D eigenvalue weighted by molar-refractivity contribution is 0.182. The van der Waals surface area contributed by atoms with Crippen molar-refractivity contribution in [2.24, 2.45) is 0 Å². The molecule has 0 aliphatic rings. The molecule has 2 amide bonds. The number of benzene rings is 1. The number of nitrogens with zero attached hydrogens (tertiary/aromatic N) is 4. The molecule has 4 aromatic rings. The molecule has 3 heterocycles. The van der Waals surface area contributed by atoms with Crippen LogP contribution in [0.25, 0.3) is 21.3 Å². The van der Waals surface area contributed by atoms with Crippen molar-refractivity contribution < 1.29 is 14.4 Å². The summed E-state index contributed by atoms with van der Waals surface area (Å²) < 4.78 is 6.16. The zero-order valence-electron chi connectivity index (χ0n) is 17.1. The van der Waals surface area contributed by atoms with Crippen molar-refractivity contribution in [3.63, 3.8) is 0 Å². The lowest BCUT2D eigenvalue weighted by Crippen LogP contribution is -2.30. The van der Waals surface area contributed by atoms with E-state index in [-0.39, 0.29) is 12.6 Å². The van der Waals surface area contributed by atoms with Gasteiger partial charge in [0, 0.05) is 30.9 Å². The van der Waals surface area contributed by atoms with Crippen molar-refractivity contribution in [3.8, 4) is 11.1 Å². The lowest BCUT2D eigenvalue weighted by Gasteiger charge is -2.14. The molecule has 31 heavy (non-hydrogen) atoms. The van der Waals surface area contributed by atoms with Crippen molar-refractivity contribution in [3.05, 3.63) is 54.4 Å². The van der Waals surface area contributed by atoms with Crippen LogP contribution in [-0.2, 0) is 11.8 Å². The molecule has 0 saturated carbocycles. The molecule has 0 spiro atoms. The Morgan fingerprint density at radius 2 is 2.10 bits per heavy atom. The molecule has 9 nitrogen and oxygen atoms in total. The number of anilines is 1. The number of nitrogens with one attached hydrogen (secondary N) is 2. The minimum atomic E-state index is -0.597. The summed E-state index contributed by atoms with van der Waals surface area (Å²) in [6.45, 7) is 3.86. The molecule has 0 radical (unpaired) electrons. The Kier molecular flexibility index (Phi) is 5.92. The van der Waals surface area contributed by atoms with E-state index in [1.54, 1.807) is 6.20 Å². The van der Waals surface area contributed by atoms with Crippen LogP contribution in [0.5, 0.6) is 0 Å². The van der Waals surface area contributed by atoms with Crippen LogP contribution in [-0.4, -0.2) is 44.4 Å². The molecule has 10 heteroatoms. The second-order valence-electron chi connectivity index (χ2n) is 7.63. The summed E-state index contributed by atoms with van der Waals surface area (Å²) in [5.41, 5.74) is 2.29. The highest BCUT2D eigenvalue weighted by molar-refractivity contribution is 7.22. The van der Waals surface area contributed by atoms with E-state index in [2.05, 4.69) is 30.7 Å². The molecule has 0 fully saturated rings. The predicted octanol–water partition coefficient (Wildman–Crippen LogP) is 3.38. The second-order valence-corrected chi connectivity index (χ2v) is 8.66. The van der Waals surface area contributed by atoms with Gasteiger partial charge in [-0.2, -0.15) is 4.98 Å². The molecule has 0 bridgehead atoms. The Morgan fingerprint density at radius 1 is 1.23 bits per heavy atom. The van der Waals surface area contributed by atoms with E-state index in [1.165, 1.54) is 11.3 Å². The molecule has 0 atom stereocenters. The van der Waals surface area contributed by atoms with Crippen LogP contribution in [0, 0.1) is 0 Å². The number of rotatable bonds is 7. The van der Waals surface area contributed by atoms with Crippen LogP contribution in [0.4, 0.5) is 9.93 Å². The molecule has 0 aliphatic carbocycles. The predicted molar refractivity (Wildman–Crippen MR) is 118 cm³/mol. The highest BCUT2D eigenvalue weighted by Crippen LogP contribution is 2.30. The van der Waals surface area contributed by atoms with E-state index < -0.39 is 5.41 Å².